The maximum atomic E-state index is 12.0. The minimum absolute atomic E-state index is 0.0179. The highest BCUT2D eigenvalue weighted by Crippen LogP contribution is 2.21. The van der Waals surface area contributed by atoms with Gasteiger partial charge >= 0.3 is 6.18 Å². The zero-order valence-electron chi connectivity index (χ0n) is 9.39. The van der Waals surface area contributed by atoms with Gasteiger partial charge in [0.15, 0.2) is 0 Å². The number of halogens is 4. The minimum atomic E-state index is -4.11. The van der Waals surface area contributed by atoms with Crippen LogP contribution in [0.5, 0.6) is 0 Å². The van der Waals surface area contributed by atoms with Crippen LogP contribution in [0, 0.1) is 0 Å². The molecule has 1 aromatic rings. The van der Waals surface area contributed by atoms with Crippen molar-refractivity contribution >= 4 is 21.6 Å². The zero-order chi connectivity index (χ0) is 13.1. The summed E-state index contributed by atoms with van der Waals surface area (Å²) < 4.78 is 36.9. The number of nitrogens with two attached hydrogens (primary N) is 1. The summed E-state index contributed by atoms with van der Waals surface area (Å²) in [5.74, 6) is 0. The summed E-state index contributed by atoms with van der Waals surface area (Å²) in [5, 5.41) is 0. The lowest BCUT2D eigenvalue weighted by Gasteiger charge is -2.18. The van der Waals surface area contributed by atoms with Crippen LogP contribution in [0.4, 0.5) is 18.9 Å². The molecule has 0 fully saturated rings. The normalized spacial score (nSPS) is 12.1. The molecule has 0 amide bonds. The third-order valence-corrected chi connectivity index (χ3v) is 2.67. The molecular formula is C11H14BrF3N2. The number of nitrogen functional groups attached to an aromatic ring is 1. The lowest BCUT2D eigenvalue weighted by Crippen LogP contribution is -2.24. The average molecular weight is 311 g/mol. The SMILES string of the molecule is CN(CCC(F)(F)F)Cc1cc(N)cc(Br)c1. The fourth-order valence-corrected chi connectivity index (χ4v) is 2.03. The van der Waals surface area contributed by atoms with Crippen LogP contribution in [0.3, 0.4) is 0 Å². The summed E-state index contributed by atoms with van der Waals surface area (Å²) in [5.41, 5.74) is 7.14. The molecule has 0 heterocycles. The van der Waals surface area contributed by atoms with Crippen molar-refractivity contribution in [3.8, 4) is 0 Å². The van der Waals surface area contributed by atoms with E-state index in [1.54, 1.807) is 24.1 Å². The Morgan fingerprint density at radius 3 is 2.47 bits per heavy atom. The number of hydrogen-bond acceptors (Lipinski definition) is 2. The predicted octanol–water partition coefficient (Wildman–Crippen LogP) is 3.42. The number of anilines is 1. The van der Waals surface area contributed by atoms with E-state index in [-0.39, 0.29) is 6.54 Å². The number of benzene rings is 1. The van der Waals surface area contributed by atoms with E-state index >= 15 is 0 Å². The van der Waals surface area contributed by atoms with E-state index < -0.39 is 12.6 Å². The van der Waals surface area contributed by atoms with E-state index in [0.29, 0.717) is 12.2 Å². The fourth-order valence-electron chi connectivity index (χ4n) is 1.48. The third-order valence-electron chi connectivity index (χ3n) is 2.21. The second-order valence-corrected chi connectivity index (χ2v) is 4.91. The van der Waals surface area contributed by atoms with Gasteiger partial charge in [0.1, 0.15) is 0 Å². The first-order valence-corrected chi connectivity index (χ1v) is 5.86. The summed E-state index contributed by atoms with van der Waals surface area (Å²) in [7, 11) is 1.66. The second kappa shape index (κ2) is 5.73. The molecule has 0 bridgehead atoms. The van der Waals surface area contributed by atoms with Gasteiger partial charge in [0.25, 0.3) is 0 Å². The Kier molecular flexibility index (Phi) is 4.82. The molecule has 0 saturated carbocycles. The van der Waals surface area contributed by atoms with Crippen molar-refractivity contribution in [2.75, 3.05) is 19.3 Å². The Labute approximate surface area is 107 Å². The lowest BCUT2D eigenvalue weighted by atomic mass is 10.2. The molecule has 96 valence electrons. The molecule has 0 saturated heterocycles. The highest BCUT2D eigenvalue weighted by molar-refractivity contribution is 9.10. The predicted molar refractivity (Wildman–Crippen MR) is 65.6 cm³/mol. The number of nitrogens with zero attached hydrogens (tertiary/aromatic N) is 1. The molecule has 2 N–H and O–H groups in total. The summed E-state index contributed by atoms with van der Waals surface area (Å²) in [6, 6.07) is 5.36. The fraction of sp³-hybridized carbons (Fsp3) is 0.455. The zero-order valence-corrected chi connectivity index (χ0v) is 11.0. The van der Waals surface area contributed by atoms with Gasteiger partial charge in [-0.3, -0.25) is 0 Å². The quantitative estimate of drug-likeness (QED) is 0.864. The van der Waals surface area contributed by atoms with Crippen LogP contribution in [-0.2, 0) is 6.54 Å². The molecule has 6 heteroatoms. The highest BCUT2D eigenvalue weighted by atomic mass is 79.9. The van der Waals surface area contributed by atoms with Crippen LogP contribution in [0.2, 0.25) is 0 Å². The molecule has 0 aromatic heterocycles. The molecule has 1 aromatic carbocycles. The van der Waals surface area contributed by atoms with E-state index in [1.165, 1.54) is 0 Å². The van der Waals surface area contributed by atoms with Gasteiger partial charge in [-0.1, -0.05) is 15.9 Å². The van der Waals surface area contributed by atoms with Crippen LogP contribution in [-0.4, -0.2) is 24.7 Å². The molecular weight excluding hydrogens is 297 g/mol. The molecule has 0 aliphatic carbocycles. The largest absolute Gasteiger partial charge is 0.399 e. The van der Waals surface area contributed by atoms with Crippen molar-refractivity contribution in [1.29, 1.82) is 0 Å². The second-order valence-electron chi connectivity index (χ2n) is 4.00. The summed E-state index contributed by atoms with van der Waals surface area (Å²) in [6.07, 6.45) is -4.91. The lowest BCUT2D eigenvalue weighted by molar-refractivity contribution is -0.137. The van der Waals surface area contributed by atoms with Gasteiger partial charge < -0.3 is 10.6 Å². The van der Waals surface area contributed by atoms with Crippen LogP contribution < -0.4 is 5.73 Å². The molecule has 2 nitrogen and oxygen atoms in total. The van der Waals surface area contributed by atoms with Gasteiger partial charge in [0.2, 0.25) is 0 Å². The van der Waals surface area contributed by atoms with Crippen LogP contribution in [0.15, 0.2) is 22.7 Å². The van der Waals surface area contributed by atoms with Crippen LogP contribution >= 0.6 is 15.9 Å². The molecule has 0 unspecified atom stereocenters. The van der Waals surface area contributed by atoms with Crippen LogP contribution in [0.25, 0.3) is 0 Å². The van der Waals surface area contributed by atoms with Crippen molar-refractivity contribution in [2.45, 2.75) is 19.1 Å². The molecule has 0 aliphatic heterocycles. The number of alkyl halides is 3. The first-order chi connectivity index (χ1) is 7.76. The van der Waals surface area contributed by atoms with Crippen molar-refractivity contribution < 1.29 is 13.2 Å². The summed E-state index contributed by atoms with van der Waals surface area (Å²) in [6.45, 7) is 0.426. The van der Waals surface area contributed by atoms with Crippen molar-refractivity contribution in [1.82, 2.24) is 4.90 Å². The van der Waals surface area contributed by atoms with E-state index in [9.17, 15) is 13.2 Å². The molecule has 0 atom stereocenters. The maximum Gasteiger partial charge on any atom is 0.390 e. The highest BCUT2D eigenvalue weighted by Gasteiger charge is 2.26. The first kappa shape index (κ1) is 14.3. The monoisotopic (exact) mass is 310 g/mol. The molecule has 0 aliphatic rings. The van der Waals surface area contributed by atoms with Gasteiger partial charge in [-0.15, -0.1) is 0 Å². The molecule has 17 heavy (non-hydrogen) atoms. The summed E-state index contributed by atoms with van der Waals surface area (Å²) in [4.78, 5) is 1.62. The Morgan fingerprint density at radius 1 is 1.29 bits per heavy atom. The van der Waals surface area contributed by atoms with Crippen molar-refractivity contribution in [3.05, 3.63) is 28.2 Å². The van der Waals surface area contributed by atoms with E-state index in [4.69, 9.17) is 5.73 Å². The van der Waals surface area contributed by atoms with Gasteiger partial charge in [-0.25, -0.2) is 0 Å². The van der Waals surface area contributed by atoms with Crippen molar-refractivity contribution in [3.63, 3.8) is 0 Å². The third kappa shape index (κ3) is 5.93. The van der Waals surface area contributed by atoms with Crippen molar-refractivity contribution in [2.24, 2.45) is 0 Å². The topological polar surface area (TPSA) is 29.3 Å². The first-order valence-electron chi connectivity index (χ1n) is 5.06. The average Bonchev–Trinajstić information content (AvgIpc) is 2.11. The Bertz CT molecular complexity index is 359. The van der Waals surface area contributed by atoms with E-state index in [1.807, 2.05) is 6.07 Å². The smallest absolute Gasteiger partial charge is 0.390 e. The Morgan fingerprint density at radius 2 is 1.94 bits per heavy atom. The van der Waals surface area contributed by atoms with Crippen LogP contribution in [0.1, 0.15) is 12.0 Å². The minimum Gasteiger partial charge on any atom is -0.399 e. The molecule has 0 radical (unpaired) electrons. The maximum absolute atomic E-state index is 12.0. The van der Waals surface area contributed by atoms with Gasteiger partial charge in [0.05, 0.1) is 6.42 Å². The van der Waals surface area contributed by atoms with E-state index in [0.717, 1.165) is 10.0 Å². The van der Waals surface area contributed by atoms with E-state index in [2.05, 4.69) is 15.9 Å². The summed E-state index contributed by atoms with van der Waals surface area (Å²) >= 11 is 3.30. The Balaban J connectivity index is 2.53. The molecule has 0 spiro atoms. The van der Waals surface area contributed by atoms with Gasteiger partial charge in [0, 0.05) is 23.2 Å². The number of hydrogen-bond donors (Lipinski definition) is 1. The molecule has 1 rings (SSSR count). The van der Waals surface area contributed by atoms with Gasteiger partial charge in [-0.05, 0) is 30.8 Å². The van der Waals surface area contributed by atoms with Gasteiger partial charge in [-0.2, -0.15) is 13.2 Å². The number of rotatable bonds is 4. The Hall–Kier alpha value is -0.750. The standard InChI is InChI=1S/C11H14BrF3N2/c1-17(3-2-11(13,14)15)7-8-4-9(12)6-10(16)5-8/h4-6H,2-3,7,16H2,1H3.